The lowest BCUT2D eigenvalue weighted by Gasteiger charge is -2.08. The molecule has 1 aromatic carbocycles. The van der Waals surface area contributed by atoms with E-state index in [1.54, 1.807) is 6.92 Å². The number of benzene rings is 1. The number of nitrogens with zero attached hydrogens (tertiary/aromatic N) is 3. The zero-order valence-corrected chi connectivity index (χ0v) is 9.85. The summed E-state index contributed by atoms with van der Waals surface area (Å²) in [6, 6.07) is 9.45. The first-order chi connectivity index (χ1) is 8.70. The van der Waals surface area contributed by atoms with E-state index in [1.165, 1.54) is 11.0 Å². The fraction of sp³-hybridized carbons (Fsp3) is 0.250. The maximum atomic E-state index is 10.8. The van der Waals surface area contributed by atoms with Gasteiger partial charge in [-0.1, -0.05) is 25.1 Å². The highest BCUT2D eigenvalue weighted by atomic mass is 16.5. The number of carboxylic acids is 1. The van der Waals surface area contributed by atoms with Crippen molar-refractivity contribution >= 4 is 5.97 Å². The minimum absolute atomic E-state index is 0.0631. The molecule has 1 N–H and O–H groups in total. The van der Waals surface area contributed by atoms with E-state index in [0.717, 1.165) is 5.69 Å². The zero-order valence-electron chi connectivity index (χ0n) is 9.85. The molecule has 0 spiro atoms. The van der Waals surface area contributed by atoms with Gasteiger partial charge in [-0.05, 0) is 18.6 Å². The molecular weight excluding hydrogens is 234 g/mol. The molecule has 0 amide bonds. The van der Waals surface area contributed by atoms with Crippen LogP contribution in [0.3, 0.4) is 0 Å². The molecule has 0 aliphatic carbocycles. The first-order valence-corrected chi connectivity index (χ1v) is 5.57. The summed E-state index contributed by atoms with van der Waals surface area (Å²) in [4.78, 5) is 14.8. The van der Waals surface area contributed by atoms with E-state index in [9.17, 15) is 4.79 Å². The molecule has 6 nitrogen and oxygen atoms in total. The second kappa shape index (κ2) is 5.31. The molecule has 6 heteroatoms. The molecule has 0 radical (unpaired) electrons. The number of hydrogen-bond donors (Lipinski definition) is 1. The van der Waals surface area contributed by atoms with Gasteiger partial charge in [0.15, 0.2) is 6.10 Å². The van der Waals surface area contributed by atoms with E-state index >= 15 is 0 Å². The van der Waals surface area contributed by atoms with E-state index < -0.39 is 12.1 Å². The highest BCUT2D eigenvalue weighted by molar-refractivity contribution is 5.72. The van der Waals surface area contributed by atoms with Gasteiger partial charge in [-0.15, -0.1) is 5.10 Å². The van der Waals surface area contributed by atoms with Crippen LogP contribution in [0.15, 0.2) is 36.7 Å². The van der Waals surface area contributed by atoms with Gasteiger partial charge in [-0.2, -0.15) is 4.98 Å². The van der Waals surface area contributed by atoms with E-state index in [0.29, 0.717) is 6.42 Å². The standard InChI is InChI=1S/C12H13N3O3/c1-2-10(11(16)17)18-12-13-8-15(14-12)9-6-4-3-5-7-9/h3-8,10H,2H2,1H3,(H,16,17). The number of hydrogen-bond acceptors (Lipinski definition) is 4. The van der Waals surface area contributed by atoms with Crippen molar-refractivity contribution in [3.05, 3.63) is 36.7 Å². The lowest BCUT2D eigenvalue weighted by atomic mass is 10.3. The first-order valence-electron chi connectivity index (χ1n) is 5.57. The molecule has 1 heterocycles. The summed E-state index contributed by atoms with van der Waals surface area (Å²) in [7, 11) is 0. The monoisotopic (exact) mass is 247 g/mol. The Kier molecular flexibility index (Phi) is 3.57. The summed E-state index contributed by atoms with van der Waals surface area (Å²) >= 11 is 0. The summed E-state index contributed by atoms with van der Waals surface area (Å²) < 4.78 is 6.72. The van der Waals surface area contributed by atoms with Gasteiger partial charge in [0.2, 0.25) is 0 Å². The predicted octanol–water partition coefficient (Wildman–Crippen LogP) is 1.51. The fourth-order valence-corrected chi connectivity index (χ4v) is 1.44. The van der Waals surface area contributed by atoms with Crippen molar-refractivity contribution in [2.75, 3.05) is 0 Å². The van der Waals surface area contributed by atoms with Crippen molar-refractivity contribution in [2.24, 2.45) is 0 Å². The normalized spacial score (nSPS) is 12.1. The van der Waals surface area contributed by atoms with E-state index in [1.807, 2.05) is 30.3 Å². The largest absolute Gasteiger partial charge is 0.479 e. The lowest BCUT2D eigenvalue weighted by Crippen LogP contribution is -2.26. The van der Waals surface area contributed by atoms with Gasteiger partial charge in [-0.25, -0.2) is 9.48 Å². The van der Waals surface area contributed by atoms with Crippen molar-refractivity contribution in [3.63, 3.8) is 0 Å². The molecule has 1 aromatic heterocycles. The average Bonchev–Trinajstić information content (AvgIpc) is 2.85. The third-order valence-electron chi connectivity index (χ3n) is 2.39. The number of carboxylic acid groups (broad SMARTS) is 1. The molecule has 2 aromatic rings. The van der Waals surface area contributed by atoms with Crippen LogP contribution < -0.4 is 4.74 Å². The van der Waals surface area contributed by atoms with Crippen LogP contribution in [-0.2, 0) is 4.79 Å². The minimum atomic E-state index is -1.02. The second-order valence-electron chi connectivity index (χ2n) is 3.66. The van der Waals surface area contributed by atoms with Crippen LogP contribution in [0.4, 0.5) is 0 Å². The highest BCUT2D eigenvalue weighted by Crippen LogP contribution is 2.10. The smallest absolute Gasteiger partial charge is 0.345 e. The molecule has 1 unspecified atom stereocenters. The van der Waals surface area contributed by atoms with E-state index in [-0.39, 0.29) is 6.01 Å². The molecule has 0 fully saturated rings. The Morgan fingerprint density at radius 1 is 1.44 bits per heavy atom. The summed E-state index contributed by atoms with van der Waals surface area (Å²) in [6.45, 7) is 1.73. The Labute approximate surface area is 104 Å². The molecule has 2 rings (SSSR count). The number of rotatable bonds is 5. The Hall–Kier alpha value is -2.37. The number of aliphatic carboxylic acids is 1. The van der Waals surface area contributed by atoms with Gasteiger partial charge >= 0.3 is 12.0 Å². The molecule has 0 aliphatic rings. The van der Waals surface area contributed by atoms with Crippen LogP contribution in [0.5, 0.6) is 6.01 Å². The first kappa shape index (κ1) is 12.1. The molecule has 0 saturated heterocycles. The van der Waals surface area contributed by atoms with Gasteiger partial charge in [0.05, 0.1) is 5.69 Å². The summed E-state index contributed by atoms with van der Waals surface area (Å²) in [5.41, 5.74) is 0.836. The van der Waals surface area contributed by atoms with Crippen molar-refractivity contribution in [2.45, 2.75) is 19.4 Å². The summed E-state index contributed by atoms with van der Waals surface area (Å²) in [5, 5.41) is 12.9. The summed E-state index contributed by atoms with van der Waals surface area (Å²) in [6.07, 6.45) is 0.922. The van der Waals surface area contributed by atoms with Gasteiger partial charge in [0.1, 0.15) is 6.33 Å². The van der Waals surface area contributed by atoms with E-state index in [4.69, 9.17) is 9.84 Å². The van der Waals surface area contributed by atoms with Crippen molar-refractivity contribution in [3.8, 4) is 11.7 Å². The van der Waals surface area contributed by atoms with Crippen molar-refractivity contribution in [1.82, 2.24) is 14.8 Å². The van der Waals surface area contributed by atoms with Gasteiger partial charge < -0.3 is 9.84 Å². The lowest BCUT2D eigenvalue weighted by molar-refractivity contribution is -0.145. The molecule has 0 bridgehead atoms. The number of para-hydroxylation sites is 1. The number of carbonyl (C=O) groups is 1. The topological polar surface area (TPSA) is 77.2 Å². The maximum absolute atomic E-state index is 10.8. The molecular formula is C12H13N3O3. The third-order valence-corrected chi connectivity index (χ3v) is 2.39. The Bertz CT molecular complexity index is 524. The van der Waals surface area contributed by atoms with Crippen LogP contribution in [0.25, 0.3) is 5.69 Å². The Balaban J connectivity index is 2.14. The number of ether oxygens (including phenoxy) is 1. The molecule has 18 heavy (non-hydrogen) atoms. The SMILES string of the molecule is CCC(Oc1ncn(-c2ccccc2)n1)C(=O)O. The van der Waals surface area contributed by atoms with Crippen molar-refractivity contribution in [1.29, 1.82) is 0 Å². The van der Waals surface area contributed by atoms with Gasteiger partial charge in [-0.3, -0.25) is 0 Å². The Morgan fingerprint density at radius 2 is 2.17 bits per heavy atom. The van der Waals surface area contributed by atoms with E-state index in [2.05, 4.69) is 10.1 Å². The Morgan fingerprint density at radius 3 is 2.78 bits per heavy atom. The fourth-order valence-electron chi connectivity index (χ4n) is 1.44. The van der Waals surface area contributed by atoms with Crippen molar-refractivity contribution < 1.29 is 14.6 Å². The van der Waals surface area contributed by atoms with Crippen LogP contribution in [0.1, 0.15) is 13.3 Å². The van der Waals surface area contributed by atoms with Crippen LogP contribution in [0, 0.1) is 0 Å². The third kappa shape index (κ3) is 2.65. The maximum Gasteiger partial charge on any atom is 0.345 e. The minimum Gasteiger partial charge on any atom is -0.479 e. The highest BCUT2D eigenvalue weighted by Gasteiger charge is 2.18. The zero-order chi connectivity index (χ0) is 13.0. The molecule has 94 valence electrons. The second-order valence-corrected chi connectivity index (χ2v) is 3.66. The quantitative estimate of drug-likeness (QED) is 0.866. The predicted molar refractivity (Wildman–Crippen MR) is 63.7 cm³/mol. The van der Waals surface area contributed by atoms with Crippen LogP contribution in [-0.4, -0.2) is 31.9 Å². The average molecular weight is 247 g/mol. The molecule has 1 atom stereocenters. The van der Waals surface area contributed by atoms with Gasteiger partial charge in [0, 0.05) is 0 Å². The van der Waals surface area contributed by atoms with Crippen LogP contribution >= 0.6 is 0 Å². The molecule has 0 saturated carbocycles. The molecule has 0 aliphatic heterocycles. The van der Waals surface area contributed by atoms with Crippen LogP contribution in [0.2, 0.25) is 0 Å². The summed E-state index contributed by atoms with van der Waals surface area (Å²) in [5.74, 6) is -1.02. The van der Waals surface area contributed by atoms with Gasteiger partial charge in [0.25, 0.3) is 0 Å². The number of aromatic nitrogens is 3.